The fourth-order valence-corrected chi connectivity index (χ4v) is 2.59. The molecule has 0 saturated carbocycles. The Labute approximate surface area is 144 Å². The van der Waals surface area contributed by atoms with Gasteiger partial charge in [0.05, 0.1) is 10.6 Å². The summed E-state index contributed by atoms with van der Waals surface area (Å²) in [6.07, 6.45) is 1.93. The fourth-order valence-electron chi connectivity index (χ4n) is 1.94. The lowest BCUT2D eigenvalue weighted by Gasteiger charge is -2.09. The van der Waals surface area contributed by atoms with Crippen LogP contribution in [0.1, 0.15) is 20.7 Å². The summed E-state index contributed by atoms with van der Waals surface area (Å²) in [5.41, 5.74) is 1.03. The number of nitrogens with one attached hydrogen (secondary N) is 2. The highest BCUT2D eigenvalue weighted by molar-refractivity contribution is 7.98. The molecule has 2 N–H and O–H groups in total. The van der Waals surface area contributed by atoms with E-state index >= 15 is 0 Å². The number of benzene rings is 2. The van der Waals surface area contributed by atoms with Gasteiger partial charge in [0.1, 0.15) is 0 Å². The molecule has 2 aromatic rings. The molecule has 0 unspecified atom stereocenters. The van der Waals surface area contributed by atoms with Crippen molar-refractivity contribution in [3.63, 3.8) is 0 Å². The molecule has 0 radical (unpaired) electrons. The van der Waals surface area contributed by atoms with Crippen molar-refractivity contribution in [2.24, 2.45) is 0 Å². The number of hydrogen-bond acceptors (Lipinski definition) is 3. The van der Waals surface area contributed by atoms with Crippen LogP contribution in [0.2, 0.25) is 5.02 Å². The standard InChI is InChI=1S/C17H17ClN2O2S/c1-23-13-7-8-15(18)14(11-13)17(22)20-10-9-19-16(21)12-5-3-2-4-6-12/h2-8,11H,9-10H2,1H3,(H,19,21)(H,20,22). The summed E-state index contributed by atoms with van der Waals surface area (Å²) in [7, 11) is 0. The van der Waals surface area contributed by atoms with Crippen molar-refractivity contribution >= 4 is 35.2 Å². The molecule has 0 heterocycles. The van der Waals surface area contributed by atoms with Gasteiger partial charge in [-0.2, -0.15) is 0 Å². The molecule has 0 saturated heterocycles. The minimum Gasteiger partial charge on any atom is -0.350 e. The Kier molecular flexibility index (Phi) is 6.50. The van der Waals surface area contributed by atoms with Crippen molar-refractivity contribution in [2.75, 3.05) is 19.3 Å². The number of hydrogen-bond donors (Lipinski definition) is 2. The third-order valence-electron chi connectivity index (χ3n) is 3.15. The zero-order valence-corrected chi connectivity index (χ0v) is 14.2. The van der Waals surface area contributed by atoms with Crippen molar-refractivity contribution in [1.29, 1.82) is 0 Å². The molecular formula is C17H17ClN2O2S. The first-order valence-electron chi connectivity index (χ1n) is 7.07. The van der Waals surface area contributed by atoms with Crippen molar-refractivity contribution in [3.05, 3.63) is 64.7 Å². The van der Waals surface area contributed by atoms with Gasteiger partial charge in [0.25, 0.3) is 11.8 Å². The molecule has 0 aliphatic carbocycles. The van der Waals surface area contributed by atoms with Gasteiger partial charge in [-0.25, -0.2) is 0 Å². The maximum absolute atomic E-state index is 12.1. The van der Waals surface area contributed by atoms with Crippen molar-refractivity contribution in [2.45, 2.75) is 4.90 Å². The Morgan fingerprint density at radius 2 is 1.65 bits per heavy atom. The molecule has 4 nitrogen and oxygen atoms in total. The summed E-state index contributed by atoms with van der Waals surface area (Å²) >= 11 is 7.59. The Balaban J connectivity index is 1.82. The Hall–Kier alpha value is -1.98. The van der Waals surface area contributed by atoms with Crippen LogP contribution in [0.3, 0.4) is 0 Å². The smallest absolute Gasteiger partial charge is 0.252 e. The molecule has 0 bridgehead atoms. The normalized spacial score (nSPS) is 10.2. The van der Waals surface area contributed by atoms with E-state index in [0.29, 0.717) is 29.2 Å². The summed E-state index contributed by atoms with van der Waals surface area (Å²) in [4.78, 5) is 24.9. The second kappa shape index (κ2) is 8.60. The summed E-state index contributed by atoms with van der Waals surface area (Å²) in [6.45, 7) is 0.677. The molecule has 2 rings (SSSR count). The lowest BCUT2D eigenvalue weighted by Crippen LogP contribution is -2.34. The van der Waals surface area contributed by atoms with E-state index < -0.39 is 0 Å². The van der Waals surface area contributed by atoms with E-state index in [4.69, 9.17) is 11.6 Å². The van der Waals surface area contributed by atoms with Crippen LogP contribution < -0.4 is 10.6 Å². The van der Waals surface area contributed by atoms with Crippen LogP contribution in [0, 0.1) is 0 Å². The van der Waals surface area contributed by atoms with Gasteiger partial charge < -0.3 is 10.6 Å². The molecule has 6 heteroatoms. The van der Waals surface area contributed by atoms with E-state index in [2.05, 4.69) is 10.6 Å². The van der Waals surface area contributed by atoms with E-state index in [1.165, 1.54) is 0 Å². The summed E-state index contributed by atoms with van der Waals surface area (Å²) in [5.74, 6) is -0.415. The van der Waals surface area contributed by atoms with Crippen LogP contribution in [-0.4, -0.2) is 31.2 Å². The zero-order chi connectivity index (χ0) is 16.7. The number of halogens is 1. The van der Waals surface area contributed by atoms with Gasteiger partial charge in [-0.15, -0.1) is 11.8 Å². The molecule has 0 fully saturated rings. The molecule has 2 aromatic carbocycles. The molecule has 0 aliphatic rings. The molecule has 0 spiro atoms. The van der Waals surface area contributed by atoms with E-state index in [-0.39, 0.29) is 11.8 Å². The highest BCUT2D eigenvalue weighted by Gasteiger charge is 2.11. The first-order valence-corrected chi connectivity index (χ1v) is 8.67. The van der Waals surface area contributed by atoms with E-state index in [0.717, 1.165) is 4.90 Å². The molecule has 23 heavy (non-hydrogen) atoms. The van der Waals surface area contributed by atoms with Gasteiger partial charge in [-0.3, -0.25) is 9.59 Å². The highest BCUT2D eigenvalue weighted by Crippen LogP contribution is 2.22. The Morgan fingerprint density at radius 1 is 1.00 bits per heavy atom. The van der Waals surface area contributed by atoms with Gasteiger partial charge in [0.2, 0.25) is 0 Å². The van der Waals surface area contributed by atoms with Gasteiger partial charge >= 0.3 is 0 Å². The highest BCUT2D eigenvalue weighted by atomic mass is 35.5. The number of carbonyl (C=O) groups is 2. The molecule has 0 atom stereocenters. The third-order valence-corrected chi connectivity index (χ3v) is 4.21. The van der Waals surface area contributed by atoms with E-state index in [1.807, 2.05) is 18.4 Å². The maximum Gasteiger partial charge on any atom is 0.252 e. The van der Waals surface area contributed by atoms with Crippen LogP contribution in [0.5, 0.6) is 0 Å². The van der Waals surface area contributed by atoms with Crippen molar-refractivity contribution in [1.82, 2.24) is 10.6 Å². The minimum atomic E-state index is -0.250. The van der Waals surface area contributed by atoms with Gasteiger partial charge in [-0.1, -0.05) is 29.8 Å². The van der Waals surface area contributed by atoms with Crippen LogP contribution in [0.4, 0.5) is 0 Å². The van der Waals surface area contributed by atoms with E-state index in [1.54, 1.807) is 48.2 Å². The molecule has 2 amide bonds. The monoisotopic (exact) mass is 348 g/mol. The first-order chi connectivity index (χ1) is 11.1. The minimum absolute atomic E-state index is 0.165. The second-order valence-electron chi connectivity index (χ2n) is 4.72. The van der Waals surface area contributed by atoms with Gasteiger partial charge in [-0.05, 0) is 36.6 Å². The SMILES string of the molecule is CSc1ccc(Cl)c(C(=O)NCCNC(=O)c2ccccc2)c1. The number of thioether (sulfide) groups is 1. The first kappa shape index (κ1) is 17.4. The predicted octanol–water partition coefficient (Wildman–Crippen LogP) is 3.22. The lowest BCUT2D eigenvalue weighted by atomic mass is 10.2. The summed E-state index contributed by atoms with van der Waals surface area (Å²) < 4.78 is 0. The molecule has 0 aliphatic heterocycles. The number of carbonyl (C=O) groups excluding carboxylic acids is 2. The summed E-state index contributed by atoms with van der Waals surface area (Å²) in [6, 6.07) is 14.3. The van der Waals surface area contributed by atoms with Crippen LogP contribution in [-0.2, 0) is 0 Å². The lowest BCUT2D eigenvalue weighted by molar-refractivity contribution is 0.0927. The second-order valence-corrected chi connectivity index (χ2v) is 6.01. The predicted molar refractivity (Wildman–Crippen MR) is 94.3 cm³/mol. The van der Waals surface area contributed by atoms with Crippen molar-refractivity contribution in [3.8, 4) is 0 Å². The van der Waals surface area contributed by atoms with Crippen LogP contribution in [0.15, 0.2) is 53.4 Å². The number of rotatable bonds is 6. The number of amides is 2. The van der Waals surface area contributed by atoms with E-state index in [9.17, 15) is 9.59 Å². The largest absolute Gasteiger partial charge is 0.350 e. The fraction of sp³-hybridized carbons (Fsp3) is 0.176. The molecular weight excluding hydrogens is 332 g/mol. The van der Waals surface area contributed by atoms with Crippen LogP contribution in [0.25, 0.3) is 0 Å². The quantitative estimate of drug-likeness (QED) is 0.622. The van der Waals surface area contributed by atoms with Crippen LogP contribution >= 0.6 is 23.4 Å². The molecule has 120 valence electrons. The zero-order valence-electron chi connectivity index (χ0n) is 12.6. The summed E-state index contributed by atoms with van der Waals surface area (Å²) in [5, 5.41) is 5.91. The maximum atomic E-state index is 12.1. The Morgan fingerprint density at radius 3 is 2.30 bits per heavy atom. The van der Waals surface area contributed by atoms with Crippen molar-refractivity contribution < 1.29 is 9.59 Å². The Bertz CT molecular complexity index is 692. The third kappa shape index (κ3) is 5.01. The average Bonchev–Trinajstić information content (AvgIpc) is 2.59. The average molecular weight is 349 g/mol. The van der Waals surface area contributed by atoms with Gasteiger partial charge in [0, 0.05) is 23.5 Å². The van der Waals surface area contributed by atoms with Gasteiger partial charge in [0.15, 0.2) is 0 Å². The molecule has 0 aromatic heterocycles. The topological polar surface area (TPSA) is 58.2 Å².